The molecule has 0 spiro atoms. The number of amides is 2. The molecule has 7 nitrogen and oxygen atoms in total. The maximum Gasteiger partial charge on any atom is 0.341 e. The number of nitrogens with zero attached hydrogens (tertiary/aromatic N) is 2. The Balaban J connectivity index is 1.47. The molecule has 3 heterocycles. The van der Waals surface area contributed by atoms with Gasteiger partial charge in [-0.05, 0) is 61.1 Å². The lowest BCUT2D eigenvalue weighted by Crippen LogP contribution is -2.37. The quantitative estimate of drug-likeness (QED) is 0.300. The summed E-state index contributed by atoms with van der Waals surface area (Å²) in [6.07, 6.45) is 2.36. The molecule has 3 aromatic rings. The molecule has 2 amide bonds. The van der Waals surface area contributed by atoms with Gasteiger partial charge in [0.1, 0.15) is 10.9 Å². The van der Waals surface area contributed by atoms with E-state index in [1.54, 1.807) is 23.3 Å². The van der Waals surface area contributed by atoms with Gasteiger partial charge in [-0.25, -0.2) is 14.8 Å². The van der Waals surface area contributed by atoms with Crippen molar-refractivity contribution in [3.63, 3.8) is 0 Å². The Kier molecular flexibility index (Phi) is 6.23. The second-order valence-electron chi connectivity index (χ2n) is 9.22. The van der Waals surface area contributed by atoms with Crippen molar-refractivity contribution in [3.05, 3.63) is 80.1 Å². The molecule has 0 saturated carbocycles. The van der Waals surface area contributed by atoms with Crippen LogP contribution in [0.15, 0.2) is 48.5 Å². The van der Waals surface area contributed by atoms with Gasteiger partial charge in [0.2, 0.25) is 5.91 Å². The number of carbonyl (C=O) groups excluding carboxylic acids is 3. The third kappa shape index (κ3) is 3.85. The highest BCUT2D eigenvalue weighted by atomic mass is 35.5. The lowest BCUT2D eigenvalue weighted by Gasteiger charge is -2.29. The van der Waals surface area contributed by atoms with Crippen LogP contribution in [-0.4, -0.2) is 31.0 Å². The van der Waals surface area contributed by atoms with Gasteiger partial charge < -0.3 is 4.74 Å². The zero-order chi connectivity index (χ0) is 25.8. The molecule has 0 unspecified atom stereocenters. The van der Waals surface area contributed by atoms with Crippen molar-refractivity contribution < 1.29 is 24.0 Å². The number of aryl methyl sites for hydroxylation is 1. The summed E-state index contributed by atoms with van der Waals surface area (Å²) in [5, 5.41) is 2.72. The predicted octanol–water partition coefficient (Wildman–Crippen LogP) is 5.77. The third-order valence-electron chi connectivity index (χ3n) is 7.15. The van der Waals surface area contributed by atoms with E-state index in [-0.39, 0.29) is 0 Å². The Morgan fingerprint density at radius 2 is 1.81 bits per heavy atom. The van der Waals surface area contributed by atoms with Gasteiger partial charge in [0, 0.05) is 14.9 Å². The topological polar surface area (TPSA) is 76.2 Å². The largest absolute Gasteiger partial charge is 0.465 e. The first-order chi connectivity index (χ1) is 17.9. The van der Waals surface area contributed by atoms with Crippen LogP contribution in [0.2, 0.25) is 10.0 Å². The number of esters is 1. The fourth-order valence-corrected chi connectivity index (χ4v) is 7.40. The van der Waals surface area contributed by atoms with Crippen LogP contribution in [0.25, 0.3) is 0 Å². The molecule has 0 radical (unpaired) electrons. The number of benzene rings is 2. The Labute approximate surface area is 227 Å². The summed E-state index contributed by atoms with van der Waals surface area (Å²) in [5.74, 6) is -2.37. The van der Waals surface area contributed by atoms with E-state index in [1.165, 1.54) is 18.4 Å². The molecule has 2 fully saturated rings. The van der Waals surface area contributed by atoms with Crippen LogP contribution >= 0.6 is 34.5 Å². The van der Waals surface area contributed by atoms with Crippen molar-refractivity contribution >= 4 is 63.0 Å². The molecule has 1 aliphatic carbocycles. The lowest BCUT2D eigenvalue weighted by molar-refractivity contribution is -0.126. The molecule has 2 saturated heterocycles. The minimum absolute atomic E-state index is 0.310. The fraction of sp³-hybridized carbons (Fsp3) is 0.296. The number of halogens is 2. The highest BCUT2D eigenvalue weighted by Crippen LogP contribution is 2.51. The molecule has 190 valence electrons. The van der Waals surface area contributed by atoms with Crippen LogP contribution in [-0.2, 0) is 32.0 Å². The minimum Gasteiger partial charge on any atom is -0.465 e. The number of para-hydroxylation sites is 1. The van der Waals surface area contributed by atoms with Gasteiger partial charge >= 0.3 is 5.97 Å². The van der Waals surface area contributed by atoms with E-state index in [1.807, 2.05) is 30.3 Å². The van der Waals surface area contributed by atoms with Gasteiger partial charge in [-0.3, -0.25) is 14.4 Å². The van der Waals surface area contributed by atoms with Crippen LogP contribution in [0.1, 0.15) is 45.2 Å². The Morgan fingerprint density at radius 1 is 1.05 bits per heavy atom. The Bertz CT molecular complexity index is 1430. The number of thiophene rings is 1. The van der Waals surface area contributed by atoms with Crippen LogP contribution in [0.4, 0.5) is 10.7 Å². The van der Waals surface area contributed by atoms with Crippen LogP contribution in [0.3, 0.4) is 0 Å². The van der Waals surface area contributed by atoms with E-state index in [0.29, 0.717) is 38.3 Å². The number of anilines is 2. The first-order valence-electron chi connectivity index (χ1n) is 12.0. The number of carbonyl (C=O) groups is 3. The molecule has 0 bridgehead atoms. The number of hydrogen-bond donors (Lipinski definition) is 0. The van der Waals surface area contributed by atoms with Crippen molar-refractivity contribution in [1.29, 1.82) is 0 Å². The second kappa shape index (κ2) is 9.44. The lowest BCUT2D eigenvalue weighted by atomic mass is 9.90. The fourth-order valence-electron chi connectivity index (χ4n) is 5.49. The molecule has 1 aromatic heterocycles. The van der Waals surface area contributed by atoms with Crippen molar-refractivity contribution in [1.82, 2.24) is 0 Å². The van der Waals surface area contributed by atoms with Gasteiger partial charge in [0.25, 0.3) is 5.91 Å². The van der Waals surface area contributed by atoms with Crippen LogP contribution in [0.5, 0.6) is 0 Å². The third-order valence-corrected chi connectivity index (χ3v) is 8.99. The number of imide groups is 1. The standard InChI is InChI=1S/C27H22Cl2N2O5S/c1-35-27(34)20-17-9-5-6-10-19(17)37-26(20)30-24(32)21-22(16-12-11-14(28)13-18(16)29)31(36-23(21)25(30)33)15-7-3-2-4-8-15/h2-4,7-8,11-13,21-23H,5-6,9-10H2,1H3/t21-,22-,23+/m1/s1. The SMILES string of the molecule is COC(=O)c1c(N2C(=O)[C@H]3[C@H](ON(c4ccccc4)[C@@H]3c3ccc(Cl)cc3Cl)C2=O)sc2c1CCCC2. The van der Waals surface area contributed by atoms with Gasteiger partial charge in [0.05, 0.1) is 24.4 Å². The predicted molar refractivity (Wildman–Crippen MR) is 141 cm³/mol. The molecular weight excluding hydrogens is 535 g/mol. The summed E-state index contributed by atoms with van der Waals surface area (Å²) in [7, 11) is 1.31. The zero-order valence-corrected chi connectivity index (χ0v) is 22.1. The maximum absolute atomic E-state index is 14.1. The minimum atomic E-state index is -1.07. The number of fused-ring (bicyclic) bond motifs is 2. The van der Waals surface area contributed by atoms with E-state index in [0.717, 1.165) is 34.6 Å². The number of methoxy groups -OCH3 is 1. The van der Waals surface area contributed by atoms with E-state index < -0.39 is 35.8 Å². The highest BCUT2D eigenvalue weighted by Gasteiger charge is 2.61. The average molecular weight is 557 g/mol. The normalized spacial score (nSPS) is 22.8. The van der Waals surface area contributed by atoms with Gasteiger partial charge in [-0.15, -0.1) is 11.3 Å². The van der Waals surface area contributed by atoms with Crippen LogP contribution < -0.4 is 9.96 Å². The number of hydrogen-bond acceptors (Lipinski definition) is 7. The second-order valence-corrected chi connectivity index (χ2v) is 11.1. The molecule has 37 heavy (non-hydrogen) atoms. The molecule has 0 N–H and O–H groups in total. The molecular formula is C27H22Cl2N2O5S. The van der Waals surface area contributed by atoms with Gasteiger partial charge in [-0.1, -0.05) is 47.5 Å². The summed E-state index contributed by atoms with van der Waals surface area (Å²) in [6, 6.07) is 13.6. The molecule has 3 aliphatic rings. The van der Waals surface area contributed by atoms with Crippen molar-refractivity contribution in [3.8, 4) is 0 Å². The Morgan fingerprint density at radius 3 is 2.54 bits per heavy atom. The van der Waals surface area contributed by atoms with E-state index in [4.69, 9.17) is 32.8 Å². The summed E-state index contributed by atoms with van der Waals surface area (Å²) < 4.78 is 5.07. The first kappa shape index (κ1) is 24.4. The average Bonchev–Trinajstić information content (AvgIpc) is 3.54. The summed E-state index contributed by atoms with van der Waals surface area (Å²) >= 11 is 14.1. The molecule has 2 aromatic carbocycles. The monoisotopic (exact) mass is 556 g/mol. The Hall–Kier alpha value is -2.91. The zero-order valence-electron chi connectivity index (χ0n) is 19.8. The molecule has 10 heteroatoms. The van der Waals surface area contributed by atoms with Crippen molar-refractivity contribution in [2.45, 2.75) is 37.8 Å². The first-order valence-corrected chi connectivity index (χ1v) is 13.5. The van der Waals surface area contributed by atoms with E-state index in [2.05, 4.69) is 0 Å². The van der Waals surface area contributed by atoms with Crippen molar-refractivity contribution in [2.24, 2.45) is 5.92 Å². The number of rotatable bonds is 4. The van der Waals surface area contributed by atoms with E-state index >= 15 is 0 Å². The number of hydroxylamine groups is 1. The molecule has 3 atom stereocenters. The summed E-state index contributed by atoms with van der Waals surface area (Å²) in [4.78, 5) is 49.1. The number of ether oxygens (including phenoxy) is 1. The maximum atomic E-state index is 14.1. The molecule has 6 rings (SSSR count). The smallest absolute Gasteiger partial charge is 0.341 e. The summed E-state index contributed by atoms with van der Waals surface area (Å²) in [6.45, 7) is 0. The van der Waals surface area contributed by atoms with Gasteiger partial charge in [-0.2, -0.15) is 0 Å². The van der Waals surface area contributed by atoms with Crippen molar-refractivity contribution in [2.75, 3.05) is 17.1 Å². The van der Waals surface area contributed by atoms with E-state index in [9.17, 15) is 14.4 Å². The molecule has 2 aliphatic heterocycles. The van der Waals surface area contributed by atoms with Gasteiger partial charge in [0.15, 0.2) is 6.10 Å². The van der Waals surface area contributed by atoms with Crippen LogP contribution in [0, 0.1) is 5.92 Å². The summed E-state index contributed by atoms with van der Waals surface area (Å²) in [5.41, 5.74) is 2.48. The highest BCUT2D eigenvalue weighted by molar-refractivity contribution is 7.17.